The number of allylic oxidation sites excluding steroid dienone is 1. The van der Waals surface area contributed by atoms with Gasteiger partial charge in [0.15, 0.2) is 0 Å². The molecule has 0 unspecified atom stereocenters. The molecule has 2 aromatic carbocycles. The maximum absolute atomic E-state index is 13.2. The minimum atomic E-state index is -5.09. The number of rotatable bonds is 4. The van der Waals surface area contributed by atoms with E-state index >= 15 is 0 Å². The first-order valence-electron chi connectivity index (χ1n) is 10.2. The molecule has 36 heavy (non-hydrogen) atoms. The molecule has 0 saturated carbocycles. The van der Waals surface area contributed by atoms with Crippen LogP contribution in [0.3, 0.4) is 0 Å². The summed E-state index contributed by atoms with van der Waals surface area (Å²) in [5.41, 5.74) is -1.15. The Morgan fingerprint density at radius 3 is 2.25 bits per heavy atom. The quantitative estimate of drug-likeness (QED) is 0.495. The van der Waals surface area contributed by atoms with Gasteiger partial charge in [0.05, 0.1) is 23.4 Å². The van der Waals surface area contributed by atoms with E-state index < -0.39 is 53.1 Å². The summed E-state index contributed by atoms with van der Waals surface area (Å²) in [6, 6.07) is 7.75. The van der Waals surface area contributed by atoms with Crippen molar-refractivity contribution in [2.75, 3.05) is 5.43 Å². The highest BCUT2D eigenvalue weighted by Gasteiger charge is 2.37. The first-order chi connectivity index (χ1) is 16.8. The Hall–Kier alpha value is -4.29. The Morgan fingerprint density at radius 2 is 1.67 bits per heavy atom. The topological polar surface area (TPSA) is 88.6 Å². The second-order valence-corrected chi connectivity index (χ2v) is 7.87. The SMILES string of the molecule is CC(=O)Nn1c(C=C2C=Nc3ccccc32)c(O)n(Cc2cc(C(F)(F)F)cc(C(F)(F)F)c2)c1=O. The van der Waals surface area contributed by atoms with Crippen molar-refractivity contribution in [3.8, 4) is 5.88 Å². The van der Waals surface area contributed by atoms with Gasteiger partial charge in [-0.25, -0.2) is 4.79 Å². The third-order valence-corrected chi connectivity index (χ3v) is 5.26. The normalized spacial score (nSPS) is 14.4. The number of hydrogen-bond acceptors (Lipinski definition) is 4. The number of nitrogens with zero attached hydrogens (tertiary/aromatic N) is 3. The molecule has 0 spiro atoms. The van der Waals surface area contributed by atoms with Crippen LogP contribution in [0.2, 0.25) is 0 Å². The van der Waals surface area contributed by atoms with Crippen LogP contribution in [0.25, 0.3) is 11.6 Å². The second kappa shape index (κ2) is 8.73. The highest BCUT2D eigenvalue weighted by molar-refractivity contribution is 6.21. The Kier molecular flexibility index (Phi) is 6.02. The van der Waals surface area contributed by atoms with Gasteiger partial charge in [0.2, 0.25) is 11.8 Å². The van der Waals surface area contributed by atoms with Crippen molar-refractivity contribution in [3.63, 3.8) is 0 Å². The zero-order valence-electron chi connectivity index (χ0n) is 18.3. The summed E-state index contributed by atoms with van der Waals surface area (Å²) in [5, 5.41) is 10.8. The number of hydrogen-bond donors (Lipinski definition) is 2. The van der Waals surface area contributed by atoms with Crippen molar-refractivity contribution in [3.05, 3.63) is 80.9 Å². The predicted octanol–water partition coefficient (Wildman–Crippen LogP) is 4.79. The Morgan fingerprint density at radius 1 is 1.06 bits per heavy atom. The molecule has 1 amide bonds. The first-order valence-corrected chi connectivity index (χ1v) is 10.2. The summed E-state index contributed by atoms with van der Waals surface area (Å²) in [6.45, 7) is 0.234. The van der Waals surface area contributed by atoms with Crippen LogP contribution in [0.5, 0.6) is 5.88 Å². The van der Waals surface area contributed by atoms with Gasteiger partial charge in [0, 0.05) is 24.3 Å². The fourth-order valence-electron chi connectivity index (χ4n) is 3.68. The molecule has 3 aromatic rings. The smallest absolute Gasteiger partial charge is 0.416 e. The molecule has 1 aliphatic rings. The molecule has 188 valence electrons. The molecule has 1 aliphatic heterocycles. The molecule has 0 radical (unpaired) electrons. The summed E-state index contributed by atoms with van der Waals surface area (Å²) < 4.78 is 80.6. The molecular weight excluding hydrogens is 494 g/mol. The summed E-state index contributed by atoms with van der Waals surface area (Å²) in [7, 11) is 0. The molecule has 13 heteroatoms. The van der Waals surface area contributed by atoms with Crippen molar-refractivity contribution < 1.29 is 36.2 Å². The monoisotopic (exact) mass is 510 g/mol. The predicted molar refractivity (Wildman–Crippen MR) is 118 cm³/mol. The molecule has 1 aromatic heterocycles. The number of fused-ring (bicyclic) bond motifs is 1. The van der Waals surface area contributed by atoms with E-state index in [9.17, 15) is 41.0 Å². The molecule has 7 nitrogen and oxygen atoms in total. The number of para-hydroxylation sites is 1. The molecule has 0 bridgehead atoms. The molecule has 0 fully saturated rings. The zero-order valence-corrected chi connectivity index (χ0v) is 18.3. The number of benzene rings is 2. The Bertz CT molecular complexity index is 1450. The lowest BCUT2D eigenvalue weighted by Crippen LogP contribution is -2.34. The van der Waals surface area contributed by atoms with E-state index in [1.807, 2.05) is 0 Å². The van der Waals surface area contributed by atoms with Gasteiger partial charge < -0.3 is 5.11 Å². The summed E-state index contributed by atoms with van der Waals surface area (Å²) in [5.74, 6) is -1.50. The van der Waals surface area contributed by atoms with Gasteiger partial charge in [0.1, 0.15) is 5.69 Å². The van der Waals surface area contributed by atoms with Gasteiger partial charge in [-0.1, -0.05) is 18.2 Å². The Labute approximate surface area is 198 Å². The van der Waals surface area contributed by atoms with E-state index in [0.29, 0.717) is 38.2 Å². The van der Waals surface area contributed by atoms with Crippen LogP contribution in [0.15, 0.2) is 52.3 Å². The maximum Gasteiger partial charge on any atom is 0.416 e. The van der Waals surface area contributed by atoms with Gasteiger partial charge in [-0.3, -0.25) is 19.8 Å². The number of nitrogens with one attached hydrogen (secondary N) is 1. The largest absolute Gasteiger partial charge is 0.493 e. The van der Waals surface area contributed by atoms with Crippen molar-refractivity contribution >= 4 is 29.5 Å². The van der Waals surface area contributed by atoms with Crippen LogP contribution in [-0.2, 0) is 23.7 Å². The standard InChI is InChI=1S/C23H16F6N4O3/c1-12(34)31-33-19(8-14-10-30-18-5-3-2-4-17(14)18)20(35)32(21(33)36)11-13-6-15(22(24,25)26)9-16(7-13)23(27,28)29/h2-10,35H,11H2,1H3,(H,31,34). The number of carbonyl (C=O) groups excluding carboxylic acids is 1. The van der Waals surface area contributed by atoms with Crippen molar-refractivity contribution in [2.24, 2.45) is 4.99 Å². The lowest BCUT2D eigenvalue weighted by molar-refractivity contribution is -0.143. The van der Waals surface area contributed by atoms with E-state index in [2.05, 4.69) is 10.4 Å². The molecule has 4 rings (SSSR count). The number of halogens is 6. The van der Waals surface area contributed by atoms with Gasteiger partial charge in [0.25, 0.3) is 0 Å². The molecule has 2 heterocycles. The van der Waals surface area contributed by atoms with E-state index in [1.165, 1.54) is 12.3 Å². The first kappa shape index (κ1) is 24.8. The number of carbonyl (C=O) groups is 1. The maximum atomic E-state index is 13.2. The van der Waals surface area contributed by atoms with Crippen LogP contribution in [0, 0.1) is 0 Å². The van der Waals surface area contributed by atoms with Crippen molar-refractivity contribution in [2.45, 2.75) is 25.8 Å². The lowest BCUT2D eigenvalue weighted by Gasteiger charge is -2.14. The third kappa shape index (κ3) is 4.76. The summed E-state index contributed by atoms with van der Waals surface area (Å²) in [4.78, 5) is 28.9. The van der Waals surface area contributed by atoms with E-state index in [4.69, 9.17) is 0 Å². The highest BCUT2D eigenvalue weighted by atomic mass is 19.4. The van der Waals surface area contributed by atoms with Gasteiger partial charge >= 0.3 is 18.0 Å². The number of aliphatic imine (C=N–C) groups is 1. The van der Waals surface area contributed by atoms with Crippen molar-refractivity contribution in [1.29, 1.82) is 0 Å². The minimum absolute atomic E-state index is 0.0403. The van der Waals surface area contributed by atoms with Gasteiger partial charge in [-0.05, 0) is 35.9 Å². The number of amides is 1. The fourth-order valence-corrected chi connectivity index (χ4v) is 3.68. The van der Waals surface area contributed by atoms with E-state index in [1.54, 1.807) is 24.3 Å². The van der Waals surface area contributed by atoms with E-state index in [-0.39, 0.29) is 11.8 Å². The van der Waals surface area contributed by atoms with Crippen LogP contribution in [-0.4, -0.2) is 26.5 Å². The average molecular weight is 510 g/mol. The number of alkyl halides is 6. The third-order valence-electron chi connectivity index (χ3n) is 5.26. The van der Waals surface area contributed by atoms with Crippen molar-refractivity contribution in [1.82, 2.24) is 9.24 Å². The summed E-state index contributed by atoms with van der Waals surface area (Å²) >= 11 is 0. The molecule has 2 N–H and O–H groups in total. The average Bonchev–Trinajstić information content (AvgIpc) is 3.28. The summed E-state index contributed by atoms with van der Waals surface area (Å²) in [6.07, 6.45) is -7.43. The molecule has 0 aliphatic carbocycles. The number of aromatic hydroxyl groups is 1. The van der Waals surface area contributed by atoms with Crippen LogP contribution < -0.4 is 11.1 Å². The van der Waals surface area contributed by atoms with E-state index in [0.717, 1.165) is 6.92 Å². The molecular formula is C23H16F6N4O3. The van der Waals surface area contributed by atoms with Gasteiger partial charge in [-0.15, -0.1) is 0 Å². The lowest BCUT2D eigenvalue weighted by atomic mass is 10.0. The second-order valence-electron chi connectivity index (χ2n) is 7.87. The molecule has 0 saturated heterocycles. The van der Waals surface area contributed by atoms with Crippen LogP contribution in [0.1, 0.15) is 34.9 Å². The zero-order chi connectivity index (χ0) is 26.4. The number of imidazole rings is 1. The Balaban J connectivity index is 1.85. The number of aromatic nitrogens is 2. The van der Waals surface area contributed by atoms with Crippen LogP contribution in [0.4, 0.5) is 32.0 Å². The molecule has 0 atom stereocenters. The highest BCUT2D eigenvalue weighted by Crippen LogP contribution is 2.37. The minimum Gasteiger partial charge on any atom is -0.493 e. The fraction of sp³-hybridized carbons (Fsp3) is 0.174. The van der Waals surface area contributed by atoms with Crippen LogP contribution >= 0.6 is 0 Å². The van der Waals surface area contributed by atoms with Gasteiger partial charge in [-0.2, -0.15) is 31.0 Å².